The van der Waals surface area contributed by atoms with E-state index in [0.29, 0.717) is 12.1 Å². The smallest absolute Gasteiger partial charge is 0.573 e. The molecule has 0 heterocycles. The first-order chi connectivity index (χ1) is 6.79. The van der Waals surface area contributed by atoms with Crippen LogP contribution >= 0.6 is 0 Å². The number of alkyl halides is 3. The van der Waals surface area contributed by atoms with Crippen LogP contribution in [0.4, 0.5) is 13.2 Å². The lowest BCUT2D eigenvalue weighted by Crippen LogP contribution is -2.19. The molecule has 4 nitrogen and oxygen atoms in total. The Hall–Kier alpha value is -1.92. The number of carboxylic acid groups (broad SMARTS) is 1. The van der Waals surface area contributed by atoms with Gasteiger partial charge in [0, 0.05) is 0 Å². The molecule has 1 aromatic rings. The maximum absolute atomic E-state index is 11.8. The van der Waals surface area contributed by atoms with E-state index in [0.717, 1.165) is 6.07 Å². The van der Waals surface area contributed by atoms with Crippen LogP contribution in [0.15, 0.2) is 18.2 Å². The van der Waals surface area contributed by atoms with Gasteiger partial charge in [-0.3, -0.25) is 0 Å². The first kappa shape index (κ1) is 11.2. The SMILES string of the molecule is O=C(O)c1cc([O-])ccc1OC(F)(F)F. The molecule has 0 aliphatic rings. The number of ether oxygens (including phenoxy) is 1. The van der Waals surface area contributed by atoms with Gasteiger partial charge in [0.15, 0.2) is 0 Å². The summed E-state index contributed by atoms with van der Waals surface area (Å²) in [5.41, 5.74) is -0.820. The summed E-state index contributed by atoms with van der Waals surface area (Å²) < 4.78 is 38.8. The number of hydrogen-bond donors (Lipinski definition) is 1. The zero-order chi connectivity index (χ0) is 11.6. The molecule has 0 aliphatic carbocycles. The van der Waals surface area contributed by atoms with E-state index in [1.807, 2.05) is 0 Å². The lowest BCUT2D eigenvalue weighted by atomic mass is 10.2. The topological polar surface area (TPSA) is 69.6 Å². The third kappa shape index (κ3) is 3.04. The molecule has 0 radical (unpaired) electrons. The first-order valence-electron chi connectivity index (χ1n) is 3.60. The molecule has 0 aliphatic heterocycles. The number of halogens is 3. The van der Waals surface area contributed by atoms with Crippen LogP contribution in [0, 0.1) is 0 Å². The van der Waals surface area contributed by atoms with E-state index in [2.05, 4.69) is 4.74 Å². The van der Waals surface area contributed by atoms with Crippen molar-refractivity contribution in [1.82, 2.24) is 0 Å². The summed E-state index contributed by atoms with van der Waals surface area (Å²) in [7, 11) is 0. The molecule has 1 rings (SSSR count). The Bertz CT molecular complexity index is 386. The second-order valence-corrected chi connectivity index (χ2v) is 2.51. The molecule has 82 valence electrons. The molecule has 0 aromatic heterocycles. The molecule has 0 atom stereocenters. The quantitative estimate of drug-likeness (QED) is 0.818. The van der Waals surface area contributed by atoms with Gasteiger partial charge in [-0.05, 0) is 6.07 Å². The summed E-state index contributed by atoms with van der Waals surface area (Å²) in [6, 6.07) is 2.01. The number of aromatic carboxylic acids is 1. The van der Waals surface area contributed by atoms with Crippen LogP contribution < -0.4 is 9.84 Å². The van der Waals surface area contributed by atoms with Crippen molar-refractivity contribution < 1.29 is 32.9 Å². The average Bonchev–Trinajstić information content (AvgIpc) is 2.05. The third-order valence-corrected chi connectivity index (χ3v) is 1.41. The highest BCUT2D eigenvalue weighted by Crippen LogP contribution is 2.28. The maximum atomic E-state index is 11.8. The van der Waals surface area contributed by atoms with Gasteiger partial charge in [0.2, 0.25) is 0 Å². The van der Waals surface area contributed by atoms with Gasteiger partial charge in [-0.25, -0.2) is 4.79 Å². The number of rotatable bonds is 2. The summed E-state index contributed by atoms with van der Waals surface area (Å²) in [6.07, 6.45) is -4.99. The van der Waals surface area contributed by atoms with Gasteiger partial charge in [-0.1, -0.05) is 12.1 Å². The molecule has 1 N–H and O–H groups in total. The van der Waals surface area contributed by atoms with Gasteiger partial charge < -0.3 is 14.9 Å². The predicted molar refractivity (Wildman–Crippen MR) is 39.5 cm³/mol. The maximum Gasteiger partial charge on any atom is 0.573 e. The van der Waals surface area contributed by atoms with E-state index in [4.69, 9.17) is 5.11 Å². The summed E-state index contributed by atoms with van der Waals surface area (Å²) in [4.78, 5) is 10.5. The van der Waals surface area contributed by atoms with E-state index >= 15 is 0 Å². The molecular formula is C8H4F3O4-. The first-order valence-corrected chi connectivity index (χ1v) is 3.60. The highest BCUT2D eigenvalue weighted by atomic mass is 19.4. The molecule has 0 unspecified atom stereocenters. The van der Waals surface area contributed by atoms with Crippen LogP contribution in [0.25, 0.3) is 0 Å². The zero-order valence-corrected chi connectivity index (χ0v) is 7.04. The third-order valence-electron chi connectivity index (χ3n) is 1.41. The molecule has 0 saturated carbocycles. The van der Waals surface area contributed by atoms with Crippen molar-refractivity contribution in [2.45, 2.75) is 6.36 Å². The van der Waals surface area contributed by atoms with Crippen molar-refractivity contribution in [1.29, 1.82) is 0 Å². The molecule has 0 saturated heterocycles. The van der Waals surface area contributed by atoms with Crippen LogP contribution in [0.3, 0.4) is 0 Å². The fourth-order valence-electron chi connectivity index (χ4n) is 0.890. The Balaban J connectivity index is 3.12. The largest absolute Gasteiger partial charge is 0.872 e. The van der Waals surface area contributed by atoms with E-state index in [1.54, 1.807) is 0 Å². The minimum Gasteiger partial charge on any atom is -0.872 e. The lowest BCUT2D eigenvalue weighted by Gasteiger charge is -2.13. The standard InChI is InChI=1S/C8H5F3O4/c9-8(10,11)15-6-2-1-4(12)3-5(6)7(13)14/h1-3,12H,(H,13,14)/p-1. The van der Waals surface area contributed by atoms with Crippen molar-refractivity contribution in [3.05, 3.63) is 23.8 Å². The molecule has 1 aromatic carbocycles. The second-order valence-electron chi connectivity index (χ2n) is 2.51. The monoisotopic (exact) mass is 221 g/mol. The molecular weight excluding hydrogens is 217 g/mol. The van der Waals surface area contributed by atoms with E-state index < -0.39 is 29.4 Å². The van der Waals surface area contributed by atoms with Gasteiger partial charge in [0.05, 0.1) is 0 Å². The van der Waals surface area contributed by atoms with Crippen molar-refractivity contribution in [3.8, 4) is 11.5 Å². The van der Waals surface area contributed by atoms with Gasteiger partial charge in [0.25, 0.3) is 0 Å². The molecule has 15 heavy (non-hydrogen) atoms. The second kappa shape index (κ2) is 3.68. The van der Waals surface area contributed by atoms with Gasteiger partial charge in [-0.2, -0.15) is 0 Å². The summed E-state index contributed by atoms with van der Waals surface area (Å²) in [6.45, 7) is 0. The minimum atomic E-state index is -4.99. The van der Waals surface area contributed by atoms with Gasteiger partial charge >= 0.3 is 12.3 Å². The molecule has 0 spiro atoms. The normalized spacial score (nSPS) is 11.1. The minimum absolute atomic E-state index is 0.559. The average molecular weight is 221 g/mol. The molecule has 7 heteroatoms. The Labute approximate surface area is 81.5 Å². The van der Waals surface area contributed by atoms with E-state index in [1.165, 1.54) is 0 Å². The zero-order valence-electron chi connectivity index (χ0n) is 7.04. The number of carbonyl (C=O) groups is 1. The fraction of sp³-hybridized carbons (Fsp3) is 0.125. The predicted octanol–water partition coefficient (Wildman–Crippen LogP) is 1.36. The Kier molecular flexibility index (Phi) is 2.74. The Morgan fingerprint density at radius 1 is 1.40 bits per heavy atom. The van der Waals surface area contributed by atoms with E-state index in [9.17, 15) is 23.1 Å². The van der Waals surface area contributed by atoms with E-state index in [-0.39, 0.29) is 0 Å². The Morgan fingerprint density at radius 3 is 2.47 bits per heavy atom. The summed E-state index contributed by atoms with van der Waals surface area (Å²) in [5, 5.41) is 19.2. The molecule has 0 amide bonds. The van der Waals surface area contributed by atoms with Crippen molar-refractivity contribution in [2.24, 2.45) is 0 Å². The number of carboxylic acids is 1. The Morgan fingerprint density at radius 2 is 2.00 bits per heavy atom. The van der Waals surface area contributed by atoms with Crippen molar-refractivity contribution in [3.63, 3.8) is 0 Å². The number of hydrogen-bond acceptors (Lipinski definition) is 3. The van der Waals surface area contributed by atoms with Gasteiger partial charge in [0.1, 0.15) is 11.3 Å². The van der Waals surface area contributed by atoms with Crippen LogP contribution in [0.1, 0.15) is 10.4 Å². The van der Waals surface area contributed by atoms with Crippen molar-refractivity contribution >= 4 is 5.97 Å². The van der Waals surface area contributed by atoms with Crippen molar-refractivity contribution in [2.75, 3.05) is 0 Å². The van der Waals surface area contributed by atoms with Gasteiger partial charge in [-0.15, -0.1) is 18.9 Å². The van der Waals surface area contributed by atoms with Crippen LogP contribution in [0.2, 0.25) is 0 Å². The number of benzene rings is 1. The molecule has 0 bridgehead atoms. The lowest BCUT2D eigenvalue weighted by molar-refractivity contribution is -0.276. The van der Waals surface area contributed by atoms with Crippen LogP contribution in [-0.4, -0.2) is 17.4 Å². The van der Waals surface area contributed by atoms with Crippen LogP contribution in [0.5, 0.6) is 11.5 Å². The van der Waals surface area contributed by atoms with Crippen LogP contribution in [-0.2, 0) is 0 Å². The summed E-state index contributed by atoms with van der Waals surface area (Å²) in [5.74, 6) is -3.27. The summed E-state index contributed by atoms with van der Waals surface area (Å²) >= 11 is 0. The fourth-order valence-corrected chi connectivity index (χ4v) is 0.890. The molecule has 0 fully saturated rings. The highest BCUT2D eigenvalue weighted by molar-refractivity contribution is 5.91. The highest BCUT2D eigenvalue weighted by Gasteiger charge is 2.32.